The van der Waals surface area contributed by atoms with Crippen LogP contribution in [0.1, 0.15) is 18.0 Å². The molecule has 0 aromatic carbocycles. The molecule has 1 saturated heterocycles. The minimum Gasteiger partial charge on any atom is -0.324 e. The topological polar surface area (TPSA) is 50.9 Å². The van der Waals surface area contributed by atoms with E-state index in [1.54, 1.807) is 6.20 Å². The smallest absolute Gasteiger partial charge is 0.0351 e. The average Bonchev–Trinajstić information content (AvgIpc) is 2.71. The maximum atomic E-state index is 6.12. The predicted molar refractivity (Wildman–Crippen MR) is 52.1 cm³/mol. The molecule has 0 spiro atoms. The fraction of sp³-hybridized carbons (Fsp3) is 0.500. The lowest BCUT2D eigenvalue weighted by atomic mass is 9.94. The first-order chi connectivity index (χ1) is 6.38. The summed E-state index contributed by atoms with van der Waals surface area (Å²) < 4.78 is 0. The van der Waals surface area contributed by atoms with Crippen LogP contribution in [0.4, 0.5) is 0 Å². The molecule has 1 aliphatic rings. The molecule has 0 radical (unpaired) electrons. The first-order valence-electron chi connectivity index (χ1n) is 4.74. The highest BCUT2D eigenvalue weighted by Gasteiger charge is 2.22. The van der Waals surface area contributed by atoms with Gasteiger partial charge in [0, 0.05) is 18.4 Å². The van der Waals surface area contributed by atoms with Crippen LogP contribution < -0.4 is 11.1 Å². The zero-order valence-corrected chi connectivity index (χ0v) is 7.61. The van der Waals surface area contributed by atoms with E-state index in [2.05, 4.69) is 16.4 Å². The van der Waals surface area contributed by atoms with E-state index in [1.165, 1.54) is 6.42 Å². The van der Waals surface area contributed by atoms with Gasteiger partial charge in [0.1, 0.15) is 0 Å². The molecule has 0 aliphatic carbocycles. The Morgan fingerprint density at radius 3 is 3.15 bits per heavy atom. The summed E-state index contributed by atoms with van der Waals surface area (Å²) in [5.74, 6) is 0.573. The van der Waals surface area contributed by atoms with Crippen molar-refractivity contribution in [3.63, 3.8) is 0 Å². The van der Waals surface area contributed by atoms with Crippen LogP contribution in [0.25, 0.3) is 0 Å². The van der Waals surface area contributed by atoms with Crippen molar-refractivity contribution in [2.24, 2.45) is 11.7 Å². The van der Waals surface area contributed by atoms with Gasteiger partial charge >= 0.3 is 0 Å². The molecule has 0 bridgehead atoms. The van der Waals surface area contributed by atoms with Gasteiger partial charge in [-0.3, -0.25) is 4.98 Å². The van der Waals surface area contributed by atoms with Crippen LogP contribution in [-0.4, -0.2) is 18.1 Å². The second-order valence-corrected chi connectivity index (χ2v) is 3.57. The number of hydrogen-bond donors (Lipinski definition) is 2. The SMILES string of the molecule is NC(c1cccnc1)C1CCNC1. The quantitative estimate of drug-likeness (QED) is 0.699. The Morgan fingerprint density at radius 2 is 2.54 bits per heavy atom. The van der Waals surface area contributed by atoms with Crippen molar-refractivity contribution in [1.82, 2.24) is 10.3 Å². The number of hydrogen-bond acceptors (Lipinski definition) is 3. The predicted octanol–water partition coefficient (Wildman–Crippen LogP) is 0.691. The number of nitrogens with two attached hydrogens (primary N) is 1. The van der Waals surface area contributed by atoms with Gasteiger partial charge in [0.05, 0.1) is 0 Å². The van der Waals surface area contributed by atoms with E-state index >= 15 is 0 Å². The summed E-state index contributed by atoms with van der Waals surface area (Å²) >= 11 is 0. The van der Waals surface area contributed by atoms with E-state index in [-0.39, 0.29) is 6.04 Å². The molecule has 0 saturated carbocycles. The average molecular weight is 177 g/mol. The van der Waals surface area contributed by atoms with Gasteiger partial charge < -0.3 is 11.1 Å². The third kappa shape index (κ3) is 1.87. The highest BCUT2D eigenvalue weighted by atomic mass is 14.9. The van der Waals surface area contributed by atoms with Crippen LogP contribution in [0.5, 0.6) is 0 Å². The molecular formula is C10H15N3. The van der Waals surface area contributed by atoms with E-state index in [9.17, 15) is 0 Å². The third-order valence-electron chi connectivity index (χ3n) is 2.68. The number of rotatable bonds is 2. The lowest BCUT2D eigenvalue weighted by Gasteiger charge is -2.17. The van der Waals surface area contributed by atoms with Gasteiger partial charge in [-0.25, -0.2) is 0 Å². The highest BCUT2D eigenvalue weighted by Crippen LogP contribution is 2.23. The molecule has 3 N–H and O–H groups in total. The van der Waals surface area contributed by atoms with Crippen molar-refractivity contribution in [2.75, 3.05) is 13.1 Å². The summed E-state index contributed by atoms with van der Waals surface area (Å²) in [5.41, 5.74) is 7.27. The van der Waals surface area contributed by atoms with Gasteiger partial charge in [-0.1, -0.05) is 6.07 Å². The third-order valence-corrected chi connectivity index (χ3v) is 2.68. The van der Waals surface area contributed by atoms with Crippen molar-refractivity contribution in [3.05, 3.63) is 30.1 Å². The summed E-state index contributed by atoms with van der Waals surface area (Å²) in [6, 6.07) is 4.14. The summed E-state index contributed by atoms with van der Waals surface area (Å²) in [5, 5.41) is 3.32. The van der Waals surface area contributed by atoms with E-state index in [0.29, 0.717) is 5.92 Å². The minimum atomic E-state index is 0.142. The van der Waals surface area contributed by atoms with Gasteiger partial charge in [0.25, 0.3) is 0 Å². The summed E-state index contributed by atoms with van der Waals surface area (Å²) in [6.45, 7) is 2.13. The van der Waals surface area contributed by atoms with Crippen molar-refractivity contribution in [1.29, 1.82) is 0 Å². The number of nitrogens with zero attached hydrogens (tertiary/aromatic N) is 1. The maximum absolute atomic E-state index is 6.12. The monoisotopic (exact) mass is 177 g/mol. The molecule has 70 valence electrons. The lowest BCUT2D eigenvalue weighted by Crippen LogP contribution is -2.23. The second-order valence-electron chi connectivity index (χ2n) is 3.57. The molecule has 1 fully saturated rings. The van der Waals surface area contributed by atoms with Gasteiger partial charge in [-0.15, -0.1) is 0 Å². The Balaban J connectivity index is 2.08. The van der Waals surface area contributed by atoms with E-state index in [0.717, 1.165) is 18.7 Å². The molecule has 1 aromatic heterocycles. The first kappa shape index (κ1) is 8.66. The van der Waals surface area contributed by atoms with Crippen molar-refractivity contribution < 1.29 is 0 Å². The highest BCUT2D eigenvalue weighted by molar-refractivity contribution is 5.14. The molecule has 13 heavy (non-hydrogen) atoms. The minimum absolute atomic E-state index is 0.142. The van der Waals surface area contributed by atoms with Crippen LogP contribution in [0, 0.1) is 5.92 Å². The largest absolute Gasteiger partial charge is 0.324 e. The number of aromatic nitrogens is 1. The zero-order valence-electron chi connectivity index (χ0n) is 7.61. The molecular weight excluding hydrogens is 162 g/mol. The lowest BCUT2D eigenvalue weighted by molar-refractivity contribution is 0.469. The Hall–Kier alpha value is -0.930. The standard InChI is InChI=1S/C10H15N3/c11-10(9-3-5-13-7-9)8-2-1-4-12-6-8/h1-2,4,6,9-10,13H,3,5,7,11H2. The Labute approximate surface area is 78.4 Å². The van der Waals surface area contributed by atoms with Crippen molar-refractivity contribution in [2.45, 2.75) is 12.5 Å². The van der Waals surface area contributed by atoms with E-state index < -0.39 is 0 Å². The number of pyridine rings is 1. The molecule has 0 amide bonds. The van der Waals surface area contributed by atoms with Crippen molar-refractivity contribution in [3.8, 4) is 0 Å². The van der Waals surface area contributed by atoms with Gasteiger partial charge in [0.2, 0.25) is 0 Å². The maximum Gasteiger partial charge on any atom is 0.0351 e. The van der Waals surface area contributed by atoms with Crippen LogP contribution in [0.15, 0.2) is 24.5 Å². The second kappa shape index (κ2) is 3.85. The molecule has 3 heteroatoms. The summed E-state index contributed by atoms with van der Waals surface area (Å²) in [6.07, 6.45) is 4.82. The van der Waals surface area contributed by atoms with Gasteiger partial charge in [-0.2, -0.15) is 0 Å². The molecule has 2 atom stereocenters. The van der Waals surface area contributed by atoms with Crippen LogP contribution in [-0.2, 0) is 0 Å². The molecule has 1 aromatic rings. The van der Waals surface area contributed by atoms with Gasteiger partial charge in [-0.05, 0) is 37.1 Å². The van der Waals surface area contributed by atoms with Crippen molar-refractivity contribution >= 4 is 0 Å². The molecule has 1 aliphatic heterocycles. The van der Waals surface area contributed by atoms with E-state index in [1.807, 2.05) is 12.3 Å². The zero-order chi connectivity index (χ0) is 9.10. The molecule has 2 unspecified atom stereocenters. The fourth-order valence-corrected chi connectivity index (χ4v) is 1.83. The van der Waals surface area contributed by atoms with Crippen LogP contribution in [0.2, 0.25) is 0 Å². The summed E-state index contributed by atoms with van der Waals surface area (Å²) in [7, 11) is 0. The van der Waals surface area contributed by atoms with Gasteiger partial charge in [0.15, 0.2) is 0 Å². The fourth-order valence-electron chi connectivity index (χ4n) is 1.83. The molecule has 2 rings (SSSR count). The normalized spacial score (nSPS) is 24.5. The van der Waals surface area contributed by atoms with E-state index in [4.69, 9.17) is 5.73 Å². The first-order valence-corrected chi connectivity index (χ1v) is 4.74. The molecule has 2 heterocycles. The summed E-state index contributed by atoms with van der Waals surface area (Å²) in [4.78, 5) is 4.08. The van der Waals surface area contributed by atoms with Crippen LogP contribution >= 0.6 is 0 Å². The Morgan fingerprint density at radius 1 is 1.62 bits per heavy atom. The number of nitrogens with one attached hydrogen (secondary N) is 1. The Kier molecular flexibility index (Phi) is 2.57. The molecule has 3 nitrogen and oxygen atoms in total. The Bertz CT molecular complexity index is 254. The van der Waals surface area contributed by atoms with Crippen LogP contribution in [0.3, 0.4) is 0 Å².